The molecule has 0 saturated heterocycles. The lowest BCUT2D eigenvalue weighted by atomic mass is 9.61. The van der Waals surface area contributed by atoms with Gasteiger partial charge in [0.05, 0.1) is 0 Å². The van der Waals surface area contributed by atoms with Gasteiger partial charge in [-0.05, 0) is 33.9 Å². The fraction of sp³-hybridized carbons (Fsp3) is 0.100. The average molecular weight is 270 g/mol. The molecule has 1 heteroatoms. The summed E-state index contributed by atoms with van der Waals surface area (Å²) in [6, 6.07) is 23.2. The summed E-state index contributed by atoms with van der Waals surface area (Å²) in [5.41, 5.74) is 7.82. The highest BCUT2D eigenvalue weighted by Crippen LogP contribution is 2.57. The third kappa shape index (κ3) is 1.26. The maximum atomic E-state index is 10.4. The third-order valence-corrected chi connectivity index (χ3v) is 4.95. The SMILES string of the molecule is Oc1cccc2c1C1c3ccccc3C2c2ccccc21. The van der Waals surface area contributed by atoms with Crippen molar-refractivity contribution < 1.29 is 5.11 Å². The van der Waals surface area contributed by atoms with Gasteiger partial charge < -0.3 is 5.11 Å². The number of hydrogen-bond acceptors (Lipinski definition) is 1. The van der Waals surface area contributed by atoms with Gasteiger partial charge >= 0.3 is 0 Å². The highest BCUT2D eigenvalue weighted by Gasteiger charge is 2.42. The van der Waals surface area contributed by atoms with Crippen molar-refractivity contribution >= 4 is 0 Å². The molecule has 1 N–H and O–H groups in total. The first-order chi connectivity index (χ1) is 10.4. The lowest BCUT2D eigenvalue weighted by Crippen LogP contribution is -2.27. The van der Waals surface area contributed by atoms with Crippen LogP contribution in [-0.2, 0) is 0 Å². The average Bonchev–Trinajstić information content (AvgIpc) is 2.55. The predicted molar refractivity (Wildman–Crippen MR) is 82.9 cm³/mol. The van der Waals surface area contributed by atoms with Crippen LogP contribution in [0.25, 0.3) is 0 Å². The van der Waals surface area contributed by atoms with E-state index >= 15 is 0 Å². The van der Waals surface area contributed by atoms with E-state index in [4.69, 9.17) is 0 Å². The summed E-state index contributed by atoms with van der Waals surface area (Å²) in [5.74, 6) is 0.842. The van der Waals surface area contributed by atoms with Crippen LogP contribution < -0.4 is 0 Å². The number of phenols is 1. The van der Waals surface area contributed by atoms with E-state index in [2.05, 4.69) is 54.6 Å². The van der Waals surface area contributed by atoms with Crippen LogP contribution in [0.3, 0.4) is 0 Å². The van der Waals surface area contributed by atoms with Crippen molar-refractivity contribution in [2.24, 2.45) is 0 Å². The minimum absolute atomic E-state index is 0.165. The summed E-state index contributed by atoms with van der Waals surface area (Å²) < 4.78 is 0. The lowest BCUT2D eigenvalue weighted by molar-refractivity contribution is 0.462. The number of benzene rings is 3. The molecule has 2 bridgehead atoms. The fourth-order valence-electron chi connectivity index (χ4n) is 4.19. The van der Waals surface area contributed by atoms with Crippen LogP contribution in [0.1, 0.15) is 45.2 Å². The molecule has 0 radical (unpaired) electrons. The van der Waals surface area contributed by atoms with Gasteiger partial charge in [0.15, 0.2) is 0 Å². The maximum absolute atomic E-state index is 10.4. The van der Waals surface area contributed by atoms with E-state index in [9.17, 15) is 5.11 Å². The molecule has 1 nitrogen and oxygen atoms in total. The molecule has 0 fully saturated rings. The van der Waals surface area contributed by atoms with Gasteiger partial charge in [-0.25, -0.2) is 0 Å². The van der Waals surface area contributed by atoms with Gasteiger partial charge in [0.1, 0.15) is 5.75 Å². The van der Waals surface area contributed by atoms with Gasteiger partial charge in [0.2, 0.25) is 0 Å². The van der Waals surface area contributed by atoms with E-state index in [0.29, 0.717) is 5.75 Å². The Morgan fingerprint density at radius 1 is 0.524 bits per heavy atom. The maximum Gasteiger partial charge on any atom is 0.120 e. The summed E-state index contributed by atoms with van der Waals surface area (Å²) in [6.45, 7) is 0. The van der Waals surface area contributed by atoms with Gasteiger partial charge in [-0.1, -0.05) is 60.7 Å². The molecule has 0 spiro atoms. The van der Waals surface area contributed by atoms with Gasteiger partial charge in [-0.2, -0.15) is 0 Å². The van der Waals surface area contributed by atoms with Crippen LogP contribution in [-0.4, -0.2) is 5.11 Å². The molecule has 3 aliphatic carbocycles. The lowest BCUT2D eigenvalue weighted by Gasteiger charge is -2.42. The Morgan fingerprint density at radius 2 is 1.00 bits per heavy atom. The van der Waals surface area contributed by atoms with Gasteiger partial charge in [-0.15, -0.1) is 0 Å². The normalized spacial score (nSPS) is 20.6. The third-order valence-electron chi connectivity index (χ3n) is 4.95. The van der Waals surface area contributed by atoms with Crippen molar-refractivity contribution in [1.29, 1.82) is 0 Å². The van der Waals surface area contributed by atoms with E-state index in [0.717, 1.165) is 5.56 Å². The zero-order valence-corrected chi connectivity index (χ0v) is 11.5. The Bertz CT molecular complexity index is 831. The summed E-state index contributed by atoms with van der Waals surface area (Å²) >= 11 is 0. The second kappa shape index (κ2) is 3.76. The fourth-order valence-corrected chi connectivity index (χ4v) is 4.19. The van der Waals surface area contributed by atoms with Crippen LogP contribution in [0, 0.1) is 0 Å². The zero-order valence-electron chi connectivity index (χ0n) is 11.5. The molecule has 0 aromatic heterocycles. The number of rotatable bonds is 0. The molecule has 0 saturated carbocycles. The highest BCUT2D eigenvalue weighted by molar-refractivity contribution is 5.70. The first kappa shape index (κ1) is 11.2. The molecular weight excluding hydrogens is 256 g/mol. The number of hydrogen-bond donors (Lipinski definition) is 1. The van der Waals surface area contributed by atoms with E-state index in [1.165, 1.54) is 27.8 Å². The smallest absolute Gasteiger partial charge is 0.120 e. The molecule has 21 heavy (non-hydrogen) atoms. The van der Waals surface area contributed by atoms with Crippen molar-refractivity contribution in [3.05, 3.63) is 100 Å². The Balaban J connectivity index is 1.95. The highest BCUT2D eigenvalue weighted by atomic mass is 16.3. The van der Waals surface area contributed by atoms with Gasteiger partial charge in [0, 0.05) is 17.4 Å². The quantitative estimate of drug-likeness (QED) is 0.443. The van der Waals surface area contributed by atoms with Crippen molar-refractivity contribution in [2.75, 3.05) is 0 Å². The summed E-state index contributed by atoms with van der Waals surface area (Å²) in [5, 5.41) is 10.4. The second-order valence-corrected chi connectivity index (χ2v) is 5.90. The molecule has 6 rings (SSSR count). The monoisotopic (exact) mass is 270 g/mol. The van der Waals surface area contributed by atoms with Crippen LogP contribution in [0.4, 0.5) is 0 Å². The second-order valence-electron chi connectivity index (χ2n) is 5.90. The van der Waals surface area contributed by atoms with Crippen molar-refractivity contribution in [2.45, 2.75) is 11.8 Å². The van der Waals surface area contributed by atoms with Crippen molar-refractivity contribution in [1.82, 2.24) is 0 Å². The predicted octanol–water partition coefficient (Wildman–Crippen LogP) is 4.38. The minimum atomic E-state index is 0.165. The molecule has 3 aliphatic rings. The van der Waals surface area contributed by atoms with Crippen LogP contribution in [0.15, 0.2) is 66.7 Å². The van der Waals surface area contributed by atoms with E-state index < -0.39 is 0 Å². The first-order valence-corrected chi connectivity index (χ1v) is 7.35. The van der Waals surface area contributed by atoms with Crippen LogP contribution >= 0.6 is 0 Å². The molecule has 0 aliphatic heterocycles. The Morgan fingerprint density at radius 3 is 1.57 bits per heavy atom. The summed E-state index contributed by atoms with van der Waals surface area (Å²) in [7, 11) is 0. The van der Waals surface area contributed by atoms with Gasteiger partial charge in [0.25, 0.3) is 0 Å². The van der Waals surface area contributed by atoms with Crippen LogP contribution in [0.2, 0.25) is 0 Å². The number of aromatic hydroxyl groups is 1. The van der Waals surface area contributed by atoms with E-state index in [1.54, 1.807) is 0 Å². The molecular formula is C20H14O. The first-order valence-electron chi connectivity index (χ1n) is 7.35. The molecule has 0 heterocycles. The number of phenolic OH excluding ortho intramolecular Hbond substituents is 1. The van der Waals surface area contributed by atoms with E-state index in [-0.39, 0.29) is 11.8 Å². The minimum Gasteiger partial charge on any atom is -0.508 e. The molecule has 0 unspecified atom stereocenters. The van der Waals surface area contributed by atoms with Crippen molar-refractivity contribution in [3.63, 3.8) is 0 Å². The molecule has 100 valence electrons. The largest absolute Gasteiger partial charge is 0.508 e. The Labute approximate surface area is 123 Å². The summed E-state index contributed by atoms with van der Waals surface area (Å²) in [6.07, 6.45) is 0. The molecule has 3 aromatic rings. The molecule has 3 aromatic carbocycles. The molecule has 0 atom stereocenters. The standard InChI is InChI=1S/C20H14O/c21-17-11-5-10-16-18-12-6-1-3-8-14(12)19(20(16)17)15-9-4-2-7-13(15)18/h1-11,18-19,21H. The van der Waals surface area contributed by atoms with E-state index in [1.807, 2.05) is 12.1 Å². The zero-order chi connectivity index (χ0) is 14.0. The van der Waals surface area contributed by atoms with Crippen molar-refractivity contribution in [3.8, 4) is 5.75 Å². The Kier molecular flexibility index (Phi) is 2.00. The van der Waals surface area contributed by atoms with Gasteiger partial charge in [-0.3, -0.25) is 0 Å². The van der Waals surface area contributed by atoms with Crippen LogP contribution in [0.5, 0.6) is 5.75 Å². The molecule has 0 amide bonds. The topological polar surface area (TPSA) is 20.2 Å². The Hall–Kier alpha value is -2.54. The summed E-state index contributed by atoms with van der Waals surface area (Å²) in [4.78, 5) is 0.